The molecule has 7 nitrogen and oxygen atoms in total. The molecular formula is C20H19NO6. The predicted molar refractivity (Wildman–Crippen MR) is 98.0 cm³/mol. The molecule has 0 amide bonds. The molecule has 0 bridgehead atoms. The number of hydrogen-bond acceptors (Lipinski definition) is 7. The summed E-state index contributed by atoms with van der Waals surface area (Å²) in [4.78, 5) is 17.4. The molecule has 140 valence electrons. The molecule has 0 aliphatic carbocycles. The summed E-state index contributed by atoms with van der Waals surface area (Å²) in [6.07, 6.45) is 2.97. The molecule has 0 fully saturated rings. The number of methoxy groups -OCH3 is 4. The fourth-order valence-electron chi connectivity index (χ4n) is 2.75. The third-order valence-corrected chi connectivity index (χ3v) is 4.06. The highest BCUT2D eigenvalue weighted by Gasteiger charge is 2.22. The molecule has 1 heterocycles. The summed E-state index contributed by atoms with van der Waals surface area (Å²) in [6.45, 7) is 0. The fourth-order valence-corrected chi connectivity index (χ4v) is 2.75. The van der Waals surface area contributed by atoms with Crippen LogP contribution in [0.5, 0.6) is 23.0 Å². The molecule has 0 saturated carbocycles. The largest absolute Gasteiger partial charge is 0.497 e. The first kappa shape index (κ1) is 18.3. The minimum atomic E-state index is -0.263. The lowest BCUT2D eigenvalue weighted by molar-refractivity contribution is 0.103. The van der Waals surface area contributed by atoms with Gasteiger partial charge in [0.25, 0.3) is 0 Å². The number of ketones is 1. The average molecular weight is 369 g/mol. The van der Waals surface area contributed by atoms with Gasteiger partial charge < -0.3 is 23.4 Å². The Bertz CT molecular complexity index is 924. The van der Waals surface area contributed by atoms with Crippen LogP contribution in [0.2, 0.25) is 0 Å². The third-order valence-electron chi connectivity index (χ3n) is 4.06. The number of benzene rings is 2. The van der Waals surface area contributed by atoms with Crippen LogP contribution in [0.4, 0.5) is 0 Å². The van der Waals surface area contributed by atoms with Gasteiger partial charge in [0.1, 0.15) is 12.0 Å². The molecule has 0 spiro atoms. The number of carbonyl (C=O) groups is 1. The Morgan fingerprint density at radius 2 is 1.63 bits per heavy atom. The quantitative estimate of drug-likeness (QED) is 0.589. The van der Waals surface area contributed by atoms with Gasteiger partial charge in [0.15, 0.2) is 17.3 Å². The number of oxazole rings is 1. The van der Waals surface area contributed by atoms with Crippen LogP contribution in [0.25, 0.3) is 11.5 Å². The van der Waals surface area contributed by atoms with Gasteiger partial charge in [-0.3, -0.25) is 4.79 Å². The van der Waals surface area contributed by atoms with Crippen molar-refractivity contribution in [1.82, 2.24) is 4.98 Å². The maximum atomic E-state index is 13.3. The van der Waals surface area contributed by atoms with Gasteiger partial charge in [-0.25, -0.2) is 4.98 Å². The molecule has 1 aromatic heterocycles. The van der Waals surface area contributed by atoms with Gasteiger partial charge in [-0.1, -0.05) is 0 Å². The van der Waals surface area contributed by atoms with E-state index in [0.29, 0.717) is 45.6 Å². The van der Waals surface area contributed by atoms with Crippen molar-refractivity contribution in [2.24, 2.45) is 0 Å². The van der Waals surface area contributed by atoms with E-state index in [1.807, 2.05) is 0 Å². The molecule has 3 rings (SSSR count). The van der Waals surface area contributed by atoms with E-state index in [-0.39, 0.29) is 5.78 Å². The van der Waals surface area contributed by atoms with Crippen LogP contribution >= 0.6 is 0 Å². The maximum Gasteiger partial charge on any atom is 0.226 e. The summed E-state index contributed by atoms with van der Waals surface area (Å²) in [7, 11) is 6.03. The number of ether oxygens (including phenoxy) is 4. The number of aromatic nitrogens is 1. The van der Waals surface area contributed by atoms with Gasteiger partial charge in [-0.15, -0.1) is 0 Å². The van der Waals surface area contributed by atoms with Crippen LogP contribution in [0.3, 0.4) is 0 Å². The predicted octanol–water partition coefficient (Wildman–Crippen LogP) is 3.61. The molecular weight excluding hydrogens is 350 g/mol. The molecule has 0 aliphatic heterocycles. The summed E-state index contributed by atoms with van der Waals surface area (Å²) in [5.41, 5.74) is 1.30. The number of rotatable bonds is 7. The molecule has 7 heteroatoms. The zero-order valence-corrected chi connectivity index (χ0v) is 15.4. The summed E-state index contributed by atoms with van der Waals surface area (Å²) in [6, 6.07) is 8.32. The number of nitrogens with zero attached hydrogens (tertiary/aromatic N) is 1. The second kappa shape index (κ2) is 7.82. The topological polar surface area (TPSA) is 80.0 Å². The monoisotopic (exact) mass is 369 g/mol. The first-order chi connectivity index (χ1) is 13.1. The van der Waals surface area contributed by atoms with E-state index in [4.69, 9.17) is 23.4 Å². The molecule has 0 unspecified atom stereocenters. The van der Waals surface area contributed by atoms with Crippen molar-refractivity contribution in [2.45, 2.75) is 0 Å². The van der Waals surface area contributed by atoms with Gasteiger partial charge >= 0.3 is 0 Å². The van der Waals surface area contributed by atoms with Crippen molar-refractivity contribution < 1.29 is 28.2 Å². The summed E-state index contributed by atoms with van der Waals surface area (Å²) in [5.74, 6) is 1.81. The van der Waals surface area contributed by atoms with Crippen LogP contribution < -0.4 is 18.9 Å². The van der Waals surface area contributed by atoms with E-state index in [1.54, 1.807) is 30.3 Å². The Balaban J connectivity index is 2.16. The highest BCUT2D eigenvalue weighted by molar-refractivity contribution is 6.13. The Kier molecular flexibility index (Phi) is 5.30. The van der Waals surface area contributed by atoms with Crippen LogP contribution in [0.15, 0.2) is 47.2 Å². The van der Waals surface area contributed by atoms with Gasteiger partial charge in [-0.2, -0.15) is 0 Å². The van der Waals surface area contributed by atoms with Crippen LogP contribution in [-0.2, 0) is 0 Å². The summed E-state index contributed by atoms with van der Waals surface area (Å²) in [5, 5.41) is 0. The van der Waals surface area contributed by atoms with Crippen LogP contribution in [0, 0.1) is 0 Å². The highest BCUT2D eigenvalue weighted by Crippen LogP contribution is 2.39. The Morgan fingerprint density at radius 3 is 2.15 bits per heavy atom. The van der Waals surface area contributed by atoms with E-state index in [2.05, 4.69) is 4.98 Å². The average Bonchev–Trinajstić information content (AvgIpc) is 3.26. The lowest BCUT2D eigenvalue weighted by atomic mass is 9.97. The van der Waals surface area contributed by atoms with Crippen molar-refractivity contribution in [3.05, 3.63) is 53.9 Å². The Morgan fingerprint density at radius 1 is 0.926 bits per heavy atom. The molecule has 0 N–H and O–H groups in total. The zero-order chi connectivity index (χ0) is 19.4. The van der Waals surface area contributed by atoms with Gasteiger partial charge in [0.2, 0.25) is 11.6 Å². The molecule has 27 heavy (non-hydrogen) atoms. The lowest BCUT2D eigenvalue weighted by Crippen LogP contribution is -2.06. The molecule has 3 aromatic rings. The van der Waals surface area contributed by atoms with Crippen LogP contribution in [0.1, 0.15) is 15.9 Å². The standard InChI is InChI=1S/C20H19NO6/c1-23-13-5-6-14(20-21-7-8-27-20)15(11-13)18(22)12-9-16(24-2)19(26-4)17(10-12)25-3/h5-11H,1-4H3. The maximum absolute atomic E-state index is 13.3. The second-order valence-electron chi connectivity index (χ2n) is 5.49. The number of hydrogen-bond donors (Lipinski definition) is 0. The van der Waals surface area contributed by atoms with Crippen molar-refractivity contribution >= 4 is 5.78 Å². The highest BCUT2D eigenvalue weighted by atomic mass is 16.5. The lowest BCUT2D eigenvalue weighted by Gasteiger charge is -2.14. The van der Waals surface area contributed by atoms with E-state index in [1.165, 1.54) is 40.9 Å². The van der Waals surface area contributed by atoms with Gasteiger partial charge in [0.05, 0.1) is 34.6 Å². The first-order valence-corrected chi connectivity index (χ1v) is 8.05. The smallest absolute Gasteiger partial charge is 0.226 e. The molecule has 0 aliphatic rings. The normalized spacial score (nSPS) is 10.4. The van der Waals surface area contributed by atoms with E-state index >= 15 is 0 Å². The van der Waals surface area contributed by atoms with E-state index in [9.17, 15) is 4.79 Å². The third kappa shape index (κ3) is 3.44. The SMILES string of the molecule is COc1ccc(-c2ncco2)c(C(=O)c2cc(OC)c(OC)c(OC)c2)c1. The zero-order valence-electron chi connectivity index (χ0n) is 15.4. The van der Waals surface area contributed by atoms with Crippen molar-refractivity contribution in [3.63, 3.8) is 0 Å². The summed E-state index contributed by atoms with van der Waals surface area (Å²) >= 11 is 0. The Hall–Kier alpha value is -3.48. The second-order valence-corrected chi connectivity index (χ2v) is 5.49. The minimum absolute atomic E-state index is 0.263. The van der Waals surface area contributed by atoms with Crippen molar-refractivity contribution in [1.29, 1.82) is 0 Å². The molecule has 2 aromatic carbocycles. The van der Waals surface area contributed by atoms with E-state index in [0.717, 1.165) is 0 Å². The van der Waals surface area contributed by atoms with Crippen LogP contribution in [-0.4, -0.2) is 39.2 Å². The molecule has 0 radical (unpaired) electrons. The Labute approximate surface area is 156 Å². The summed E-state index contributed by atoms with van der Waals surface area (Å²) < 4.78 is 26.6. The van der Waals surface area contributed by atoms with Gasteiger partial charge in [-0.05, 0) is 30.3 Å². The van der Waals surface area contributed by atoms with Gasteiger partial charge in [0, 0.05) is 16.7 Å². The fraction of sp³-hybridized carbons (Fsp3) is 0.200. The first-order valence-electron chi connectivity index (χ1n) is 8.05. The number of carbonyl (C=O) groups excluding carboxylic acids is 1. The van der Waals surface area contributed by atoms with E-state index < -0.39 is 0 Å². The molecule has 0 atom stereocenters. The van der Waals surface area contributed by atoms with Crippen molar-refractivity contribution in [3.8, 4) is 34.5 Å². The minimum Gasteiger partial charge on any atom is -0.497 e. The van der Waals surface area contributed by atoms with Crippen molar-refractivity contribution in [2.75, 3.05) is 28.4 Å². The molecule has 0 saturated heterocycles.